The van der Waals surface area contributed by atoms with Gasteiger partial charge in [0, 0.05) is 11.1 Å². The Hall–Kier alpha value is -2.00. The first kappa shape index (κ1) is 12.1. The number of rotatable bonds is 2. The van der Waals surface area contributed by atoms with E-state index in [1.807, 2.05) is 66.9 Å². The molecule has 3 rings (SSSR count). The molecule has 0 amide bonds. The molecule has 3 aromatic rings. The summed E-state index contributed by atoms with van der Waals surface area (Å²) in [6, 6.07) is 20.1. The summed E-state index contributed by atoms with van der Waals surface area (Å²) in [4.78, 5) is 9.09. The molecule has 0 aliphatic carbocycles. The Morgan fingerprint density at radius 2 is 1.32 bits per heavy atom. The molecule has 0 radical (unpaired) electrons. The number of hydrogen-bond acceptors (Lipinski definition) is 2. The minimum atomic E-state index is 0.764. The fraction of sp³-hybridized carbons (Fsp3) is 0. The van der Waals surface area contributed by atoms with Crippen LogP contribution >= 0.6 is 15.9 Å². The summed E-state index contributed by atoms with van der Waals surface area (Å²) in [5.41, 5.74) is 3.85. The normalized spacial score (nSPS) is 10.4. The van der Waals surface area contributed by atoms with Crippen LogP contribution in [0.3, 0.4) is 0 Å². The van der Waals surface area contributed by atoms with Gasteiger partial charge in [-0.15, -0.1) is 0 Å². The van der Waals surface area contributed by atoms with Crippen molar-refractivity contribution in [1.82, 2.24) is 9.97 Å². The summed E-state index contributed by atoms with van der Waals surface area (Å²) in [6.07, 6.45) is 1.81. The average Bonchev–Trinajstić information content (AvgIpc) is 2.49. The van der Waals surface area contributed by atoms with Gasteiger partial charge in [-0.3, -0.25) is 4.98 Å². The van der Waals surface area contributed by atoms with E-state index in [4.69, 9.17) is 0 Å². The Morgan fingerprint density at radius 3 is 1.89 bits per heavy atom. The number of nitrogens with zero attached hydrogens (tertiary/aromatic N) is 2. The van der Waals surface area contributed by atoms with Crippen molar-refractivity contribution in [3.05, 3.63) is 71.5 Å². The Bertz CT molecular complexity index is 682. The van der Waals surface area contributed by atoms with Crippen LogP contribution in [0.2, 0.25) is 0 Å². The van der Waals surface area contributed by atoms with E-state index < -0.39 is 0 Å². The van der Waals surface area contributed by atoms with Gasteiger partial charge in [0.05, 0.1) is 11.9 Å². The summed E-state index contributed by atoms with van der Waals surface area (Å²) in [7, 11) is 0. The number of hydrogen-bond donors (Lipinski definition) is 0. The minimum Gasteiger partial charge on any atom is -0.251 e. The maximum absolute atomic E-state index is 4.57. The lowest BCUT2D eigenvalue weighted by Gasteiger charge is -2.06. The van der Waals surface area contributed by atoms with Crippen molar-refractivity contribution >= 4 is 15.9 Å². The van der Waals surface area contributed by atoms with Crippen LogP contribution in [-0.2, 0) is 0 Å². The van der Waals surface area contributed by atoms with Gasteiger partial charge < -0.3 is 0 Å². The van der Waals surface area contributed by atoms with E-state index >= 15 is 0 Å². The molecule has 1 heterocycles. The second-order valence-electron chi connectivity index (χ2n) is 4.13. The fourth-order valence-corrected chi connectivity index (χ4v) is 2.43. The zero-order valence-electron chi connectivity index (χ0n) is 10.1. The predicted molar refractivity (Wildman–Crippen MR) is 80.6 cm³/mol. The van der Waals surface area contributed by atoms with Crippen LogP contribution in [0.5, 0.6) is 0 Å². The molecule has 2 aromatic carbocycles. The molecule has 0 fully saturated rings. The summed E-state index contributed by atoms with van der Waals surface area (Å²) in [5.74, 6) is 0. The second-order valence-corrected chi connectivity index (χ2v) is 4.88. The van der Waals surface area contributed by atoms with E-state index in [0.29, 0.717) is 0 Å². The fourth-order valence-electron chi connectivity index (χ4n) is 1.90. The zero-order valence-corrected chi connectivity index (χ0v) is 11.7. The van der Waals surface area contributed by atoms with Gasteiger partial charge >= 0.3 is 0 Å². The first-order chi connectivity index (χ1) is 9.34. The monoisotopic (exact) mass is 310 g/mol. The summed E-state index contributed by atoms with van der Waals surface area (Å²) >= 11 is 3.51. The van der Waals surface area contributed by atoms with E-state index in [1.165, 1.54) is 0 Å². The molecule has 19 heavy (non-hydrogen) atoms. The Labute approximate surface area is 120 Å². The summed E-state index contributed by atoms with van der Waals surface area (Å²) in [6.45, 7) is 0. The number of benzene rings is 2. The Kier molecular flexibility index (Phi) is 3.38. The third-order valence-electron chi connectivity index (χ3n) is 2.85. The van der Waals surface area contributed by atoms with Crippen molar-refractivity contribution in [2.24, 2.45) is 0 Å². The molecule has 92 valence electrons. The van der Waals surface area contributed by atoms with Crippen molar-refractivity contribution < 1.29 is 0 Å². The molecular formula is C16H11BrN2. The van der Waals surface area contributed by atoms with Gasteiger partial charge in [-0.05, 0) is 15.9 Å². The van der Waals surface area contributed by atoms with Crippen molar-refractivity contribution in [2.45, 2.75) is 0 Å². The lowest BCUT2D eigenvalue weighted by Crippen LogP contribution is -1.92. The van der Waals surface area contributed by atoms with E-state index in [9.17, 15) is 0 Å². The topological polar surface area (TPSA) is 25.8 Å². The largest absolute Gasteiger partial charge is 0.251 e. The molecule has 0 N–H and O–H groups in total. The smallest absolute Gasteiger partial charge is 0.133 e. The summed E-state index contributed by atoms with van der Waals surface area (Å²) in [5, 5.41) is 0. The molecule has 0 saturated heterocycles. The van der Waals surface area contributed by atoms with E-state index in [-0.39, 0.29) is 0 Å². The van der Waals surface area contributed by atoms with Crippen molar-refractivity contribution in [2.75, 3.05) is 0 Å². The molecule has 0 aliphatic heterocycles. The molecule has 0 aliphatic rings. The third kappa shape index (κ3) is 2.56. The highest BCUT2D eigenvalue weighted by Crippen LogP contribution is 2.26. The van der Waals surface area contributed by atoms with Crippen LogP contribution in [-0.4, -0.2) is 9.97 Å². The first-order valence-electron chi connectivity index (χ1n) is 5.98. The maximum atomic E-state index is 4.57. The van der Waals surface area contributed by atoms with E-state index in [1.54, 1.807) is 0 Å². The van der Waals surface area contributed by atoms with Gasteiger partial charge in [0.25, 0.3) is 0 Å². The van der Waals surface area contributed by atoms with E-state index in [2.05, 4.69) is 25.9 Å². The highest BCUT2D eigenvalue weighted by Gasteiger charge is 2.08. The molecule has 0 saturated carbocycles. The highest BCUT2D eigenvalue weighted by molar-refractivity contribution is 9.10. The van der Waals surface area contributed by atoms with Gasteiger partial charge in [-0.1, -0.05) is 60.7 Å². The molecule has 0 bridgehead atoms. The van der Waals surface area contributed by atoms with Gasteiger partial charge in [-0.25, -0.2) is 4.98 Å². The predicted octanol–water partition coefficient (Wildman–Crippen LogP) is 4.57. The zero-order chi connectivity index (χ0) is 13.1. The summed E-state index contributed by atoms with van der Waals surface area (Å²) < 4.78 is 0.764. The molecule has 2 nitrogen and oxygen atoms in total. The van der Waals surface area contributed by atoms with Crippen LogP contribution < -0.4 is 0 Å². The van der Waals surface area contributed by atoms with Crippen LogP contribution in [0.1, 0.15) is 0 Å². The maximum Gasteiger partial charge on any atom is 0.133 e. The van der Waals surface area contributed by atoms with Crippen LogP contribution in [0, 0.1) is 0 Å². The SMILES string of the molecule is Brc1nc(-c2ccccc2)cnc1-c1ccccc1. The van der Waals surface area contributed by atoms with Gasteiger partial charge in [-0.2, -0.15) is 0 Å². The first-order valence-corrected chi connectivity index (χ1v) is 6.77. The number of halogens is 1. The molecule has 0 spiro atoms. The lowest BCUT2D eigenvalue weighted by molar-refractivity contribution is 1.17. The third-order valence-corrected chi connectivity index (χ3v) is 3.40. The van der Waals surface area contributed by atoms with Crippen molar-refractivity contribution in [1.29, 1.82) is 0 Å². The lowest BCUT2D eigenvalue weighted by atomic mass is 10.1. The molecular weight excluding hydrogens is 300 g/mol. The van der Waals surface area contributed by atoms with Gasteiger partial charge in [0.2, 0.25) is 0 Å². The van der Waals surface area contributed by atoms with Crippen molar-refractivity contribution in [3.63, 3.8) is 0 Å². The van der Waals surface area contributed by atoms with Crippen LogP contribution in [0.4, 0.5) is 0 Å². The number of aromatic nitrogens is 2. The molecule has 1 aromatic heterocycles. The Balaban J connectivity index is 2.04. The van der Waals surface area contributed by atoms with E-state index in [0.717, 1.165) is 27.1 Å². The molecule has 3 heteroatoms. The van der Waals surface area contributed by atoms with Gasteiger partial charge in [0.15, 0.2) is 0 Å². The van der Waals surface area contributed by atoms with Gasteiger partial charge in [0.1, 0.15) is 10.3 Å². The molecule has 0 atom stereocenters. The average molecular weight is 311 g/mol. The van der Waals surface area contributed by atoms with Crippen LogP contribution in [0.15, 0.2) is 71.5 Å². The van der Waals surface area contributed by atoms with Crippen molar-refractivity contribution in [3.8, 4) is 22.5 Å². The molecule has 0 unspecified atom stereocenters. The second kappa shape index (κ2) is 5.33. The Morgan fingerprint density at radius 1 is 0.737 bits per heavy atom. The quantitative estimate of drug-likeness (QED) is 0.692. The highest BCUT2D eigenvalue weighted by atomic mass is 79.9. The van der Waals surface area contributed by atoms with Crippen LogP contribution in [0.25, 0.3) is 22.5 Å². The standard InChI is InChI=1S/C16H11BrN2/c17-16-15(13-9-5-2-6-10-13)18-11-14(19-16)12-7-3-1-4-8-12/h1-11H. The minimum absolute atomic E-state index is 0.764.